The van der Waals surface area contributed by atoms with Crippen LogP contribution in [0.25, 0.3) is 0 Å². The minimum absolute atomic E-state index is 0.0282. The number of likely N-dealkylation sites (tertiary alicyclic amines) is 1. The fourth-order valence-electron chi connectivity index (χ4n) is 2.64. The van der Waals surface area contributed by atoms with Crippen molar-refractivity contribution in [3.8, 4) is 0 Å². The Morgan fingerprint density at radius 1 is 1.52 bits per heavy atom. The summed E-state index contributed by atoms with van der Waals surface area (Å²) in [5.74, 6) is 1.17. The molecule has 2 rings (SSSR count). The van der Waals surface area contributed by atoms with Gasteiger partial charge in [-0.2, -0.15) is 0 Å². The third-order valence-electron chi connectivity index (χ3n) is 3.70. The zero-order valence-electron chi connectivity index (χ0n) is 13.3. The highest BCUT2D eigenvalue weighted by molar-refractivity contribution is 5.82. The maximum Gasteiger partial charge on any atom is 0.237 e. The molecule has 6 nitrogen and oxygen atoms in total. The molecule has 0 bridgehead atoms. The van der Waals surface area contributed by atoms with Crippen LogP contribution in [-0.2, 0) is 11.3 Å². The van der Waals surface area contributed by atoms with Gasteiger partial charge in [0.2, 0.25) is 5.91 Å². The molecule has 1 aromatic rings. The maximum absolute atomic E-state index is 12.3. The van der Waals surface area contributed by atoms with Crippen LogP contribution < -0.4 is 11.1 Å². The number of aromatic nitrogens is 1. The van der Waals surface area contributed by atoms with Crippen molar-refractivity contribution in [3.63, 3.8) is 0 Å². The molecule has 0 radical (unpaired) electrons. The number of amides is 1. The molecule has 0 saturated carbocycles. The molecule has 118 valence electrons. The van der Waals surface area contributed by atoms with Crippen LogP contribution in [0.2, 0.25) is 0 Å². The van der Waals surface area contributed by atoms with E-state index in [0.717, 1.165) is 11.5 Å². The Morgan fingerprint density at radius 3 is 2.81 bits per heavy atom. The highest BCUT2D eigenvalue weighted by Crippen LogP contribution is 2.22. The Labute approximate surface area is 126 Å². The fraction of sp³-hybridized carbons (Fsp3) is 0.733. The molecule has 0 aromatic carbocycles. The van der Waals surface area contributed by atoms with Crippen LogP contribution in [0.15, 0.2) is 10.6 Å². The molecule has 1 aromatic heterocycles. The normalized spacial score (nSPS) is 23.2. The van der Waals surface area contributed by atoms with Gasteiger partial charge in [0.15, 0.2) is 5.76 Å². The lowest BCUT2D eigenvalue weighted by molar-refractivity contribution is -0.126. The van der Waals surface area contributed by atoms with E-state index >= 15 is 0 Å². The molecule has 0 aliphatic carbocycles. The summed E-state index contributed by atoms with van der Waals surface area (Å²) in [6.45, 7) is 9.35. The summed E-state index contributed by atoms with van der Waals surface area (Å²) in [4.78, 5) is 14.3. The lowest BCUT2D eigenvalue weighted by Crippen LogP contribution is -2.45. The largest absolute Gasteiger partial charge is 0.360 e. The fourth-order valence-corrected chi connectivity index (χ4v) is 2.64. The number of carbonyl (C=O) groups is 1. The Morgan fingerprint density at radius 2 is 2.24 bits per heavy atom. The number of rotatable bonds is 5. The smallest absolute Gasteiger partial charge is 0.237 e. The predicted molar refractivity (Wildman–Crippen MR) is 80.7 cm³/mol. The maximum atomic E-state index is 12.3. The summed E-state index contributed by atoms with van der Waals surface area (Å²) >= 11 is 0. The molecule has 1 amide bonds. The molecule has 1 aliphatic heterocycles. The second-order valence-electron chi connectivity index (χ2n) is 6.48. The van der Waals surface area contributed by atoms with Crippen molar-refractivity contribution in [2.75, 3.05) is 6.54 Å². The lowest BCUT2D eigenvalue weighted by atomic mass is 10.1. The molecule has 1 aliphatic rings. The van der Waals surface area contributed by atoms with Crippen molar-refractivity contribution < 1.29 is 9.32 Å². The van der Waals surface area contributed by atoms with Crippen LogP contribution in [0.5, 0.6) is 0 Å². The van der Waals surface area contributed by atoms with Crippen molar-refractivity contribution in [1.82, 2.24) is 15.4 Å². The van der Waals surface area contributed by atoms with Crippen molar-refractivity contribution in [1.29, 1.82) is 0 Å². The van der Waals surface area contributed by atoms with Gasteiger partial charge in [0.05, 0.1) is 18.3 Å². The van der Waals surface area contributed by atoms with Crippen molar-refractivity contribution in [3.05, 3.63) is 17.5 Å². The monoisotopic (exact) mass is 294 g/mol. The lowest BCUT2D eigenvalue weighted by Gasteiger charge is -2.23. The van der Waals surface area contributed by atoms with Gasteiger partial charge in [-0.25, -0.2) is 0 Å². The molecular weight excluding hydrogens is 268 g/mol. The average molecular weight is 294 g/mol. The summed E-state index contributed by atoms with van der Waals surface area (Å²) in [6, 6.07) is 1.94. The molecule has 1 fully saturated rings. The molecule has 21 heavy (non-hydrogen) atoms. The van der Waals surface area contributed by atoms with Gasteiger partial charge in [-0.05, 0) is 26.2 Å². The van der Waals surface area contributed by atoms with Crippen molar-refractivity contribution in [2.45, 2.75) is 64.7 Å². The quantitative estimate of drug-likeness (QED) is 0.853. The van der Waals surface area contributed by atoms with Gasteiger partial charge >= 0.3 is 0 Å². The zero-order valence-corrected chi connectivity index (χ0v) is 13.3. The Hall–Kier alpha value is -1.40. The molecule has 6 heteroatoms. The van der Waals surface area contributed by atoms with Gasteiger partial charge in [-0.3, -0.25) is 9.69 Å². The Bertz CT molecular complexity index is 484. The summed E-state index contributed by atoms with van der Waals surface area (Å²) < 4.78 is 5.37. The van der Waals surface area contributed by atoms with Gasteiger partial charge in [-0.15, -0.1) is 0 Å². The van der Waals surface area contributed by atoms with Gasteiger partial charge in [0.25, 0.3) is 0 Å². The van der Waals surface area contributed by atoms with Crippen LogP contribution in [0, 0.1) is 0 Å². The molecule has 2 atom stereocenters. The minimum Gasteiger partial charge on any atom is -0.360 e. The Balaban J connectivity index is 2.03. The second kappa shape index (κ2) is 6.58. The second-order valence-corrected chi connectivity index (χ2v) is 6.48. The van der Waals surface area contributed by atoms with E-state index in [9.17, 15) is 4.79 Å². The number of nitrogens with one attached hydrogen (secondary N) is 1. The molecule has 0 unspecified atom stereocenters. The highest BCUT2D eigenvalue weighted by atomic mass is 16.5. The standard InChI is InChI=1S/C15H26N4O2/c1-9(2)13-6-12(21-18-13)8-19-7-11(16)5-14(19)15(20)17-10(3)4/h6,9-11,14H,5,7-8,16H2,1-4H3,(H,17,20)/t11-,14+/m1/s1. The first kappa shape index (κ1) is 16.0. The van der Waals surface area contributed by atoms with Crippen LogP contribution in [0.4, 0.5) is 0 Å². The summed E-state index contributed by atoms with van der Waals surface area (Å²) in [6.07, 6.45) is 0.684. The molecule has 0 spiro atoms. The Kier molecular flexibility index (Phi) is 5.00. The molecule has 2 heterocycles. The van der Waals surface area contributed by atoms with E-state index in [1.54, 1.807) is 0 Å². The summed E-state index contributed by atoms with van der Waals surface area (Å²) in [5.41, 5.74) is 6.96. The van der Waals surface area contributed by atoms with Gasteiger partial charge in [0, 0.05) is 24.7 Å². The average Bonchev–Trinajstić information content (AvgIpc) is 2.96. The van der Waals surface area contributed by atoms with E-state index in [4.69, 9.17) is 10.3 Å². The van der Waals surface area contributed by atoms with Crippen molar-refractivity contribution in [2.24, 2.45) is 5.73 Å². The van der Waals surface area contributed by atoms with E-state index in [0.29, 0.717) is 25.4 Å². The van der Waals surface area contributed by atoms with E-state index < -0.39 is 0 Å². The van der Waals surface area contributed by atoms with E-state index in [-0.39, 0.29) is 24.0 Å². The zero-order chi connectivity index (χ0) is 15.6. The van der Waals surface area contributed by atoms with E-state index in [2.05, 4.69) is 29.2 Å². The first-order chi connectivity index (χ1) is 9.86. The van der Waals surface area contributed by atoms with Crippen molar-refractivity contribution >= 4 is 5.91 Å². The van der Waals surface area contributed by atoms with E-state index in [1.165, 1.54) is 0 Å². The molecule has 3 N–H and O–H groups in total. The first-order valence-electron chi connectivity index (χ1n) is 7.62. The number of carbonyl (C=O) groups excluding carboxylic acids is 1. The summed E-state index contributed by atoms with van der Waals surface area (Å²) in [7, 11) is 0. The minimum atomic E-state index is -0.185. The molecule has 1 saturated heterocycles. The third-order valence-corrected chi connectivity index (χ3v) is 3.70. The molecular formula is C15H26N4O2. The van der Waals surface area contributed by atoms with Crippen LogP contribution in [0.1, 0.15) is 51.5 Å². The van der Waals surface area contributed by atoms with E-state index in [1.807, 2.05) is 19.9 Å². The SMILES string of the molecule is CC(C)NC(=O)[C@@H]1C[C@@H](N)CN1Cc1cc(C(C)C)no1. The third kappa shape index (κ3) is 4.04. The van der Waals surface area contributed by atoms with Crippen LogP contribution in [-0.4, -0.2) is 40.6 Å². The van der Waals surface area contributed by atoms with Crippen LogP contribution >= 0.6 is 0 Å². The number of hydrogen-bond acceptors (Lipinski definition) is 5. The first-order valence-corrected chi connectivity index (χ1v) is 7.62. The number of nitrogens with two attached hydrogens (primary N) is 1. The van der Waals surface area contributed by atoms with Gasteiger partial charge in [0.1, 0.15) is 0 Å². The number of hydrogen-bond donors (Lipinski definition) is 2. The number of nitrogens with zero attached hydrogens (tertiary/aromatic N) is 2. The van der Waals surface area contributed by atoms with Gasteiger partial charge in [-0.1, -0.05) is 19.0 Å². The van der Waals surface area contributed by atoms with Crippen LogP contribution in [0.3, 0.4) is 0 Å². The summed E-state index contributed by atoms with van der Waals surface area (Å²) in [5, 5.41) is 7.02. The van der Waals surface area contributed by atoms with Gasteiger partial charge < -0.3 is 15.6 Å². The topological polar surface area (TPSA) is 84.4 Å². The predicted octanol–water partition coefficient (Wildman–Crippen LogP) is 1.22. The highest BCUT2D eigenvalue weighted by Gasteiger charge is 2.35.